The summed E-state index contributed by atoms with van der Waals surface area (Å²) in [5, 5.41) is 27.2. The van der Waals surface area contributed by atoms with Crippen molar-refractivity contribution in [3.8, 4) is 0 Å². The van der Waals surface area contributed by atoms with Crippen LogP contribution in [0.5, 0.6) is 0 Å². The van der Waals surface area contributed by atoms with Crippen molar-refractivity contribution in [3.05, 3.63) is 27.1 Å². The van der Waals surface area contributed by atoms with Gasteiger partial charge in [0.1, 0.15) is 0 Å². The van der Waals surface area contributed by atoms with E-state index in [-0.39, 0.29) is 5.84 Å². The zero-order valence-electron chi connectivity index (χ0n) is 6.30. The number of hydrogen-bond donors (Lipinski definition) is 2. The smallest absolute Gasteiger partial charge is 0.426 e. The maximum Gasteiger partial charge on any atom is 0.495 e. The fourth-order valence-corrected chi connectivity index (χ4v) is 1.92. The Bertz CT molecular complexity index is 390. The highest BCUT2D eigenvalue weighted by Gasteiger charge is 2.34. The highest BCUT2D eigenvalue weighted by Crippen LogP contribution is 2.09. The van der Waals surface area contributed by atoms with Gasteiger partial charge in [-0.2, -0.15) is 11.3 Å². The molecule has 0 saturated heterocycles. The predicted molar refractivity (Wildman–Crippen MR) is 48.6 cm³/mol. The van der Waals surface area contributed by atoms with Gasteiger partial charge in [0.25, 0.3) is 0 Å². The van der Waals surface area contributed by atoms with Gasteiger partial charge in [0.05, 0.1) is 5.56 Å². The van der Waals surface area contributed by atoms with Gasteiger partial charge < -0.3 is 15.1 Å². The number of rotatable bonds is 0. The fraction of sp³-hybridized carbons (Fsp3) is 0. The Morgan fingerprint density at radius 1 is 1.77 bits per heavy atom. The van der Waals surface area contributed by atoms with Crippen LogP contribution in [0.3, 0.4) is 0 Å². The summed E-state index contributed by atoms with van der Waals surface area (Å²) in [5.41, 5.74) is 0.390. The molecule has 0 atom stereocenters. The summed E-state index contributed by atoms with van der Waals surface area (Å²) in [6.07, 6.45) is 0. The Labute approximate surface area is 77.2 Å². The van der Waals surface area contributed by atoms with Gasteiger partial charge in [-0.3, -0.25) is 0 Å². The standard InChI is InChI=1S/C5H4BN3O3S/c10-6-4-3(1-2-13-4)5(7-8-6)9(11)12/h1-2,8,10H. The summed E-state index contributed by atoms with van der Waals surface area (Å²) in [7, 11) is -0.932. The SMILES string of the molecule is O=[N+]([O-])C1=NNB(O)c2sccc21. The molecule has 2 heterocycles. The molecule has 0 aromatic carbocycles. The van der Waals surface area contributed by atoms with Crippen LogP contribution in [0.1, 0.15) is 5.56 Å². The first-order chi connectivity index (χ1) is 6.20. The number of nitro groups is 1. The lowest BCUT2D eigenvalue weighted by Crippen LogP contribution is -2.48. The zero-order chi connectivity index (χ0) is 9.42. The first kappa shape index (κ1) is 8.20. The van der Waals surface area contributed by atoms with Gasteiger partial charge in [-0.15, -0.1) is 0 Å². The van der Waals surface area contributed by atoms with Crippen molar-refractivity contribution < 1.29 is 9.95 Å². The van der Waals surface area contributed by atoms with Crippen LogP contribution >= 0.6 is 11.3 Å². The third kappa shape index (κ3) is 1.19. The largest absolute Gasteiger partial charge is 0.495 e. The summed E-state index contributed by atoms with van der Waals surface area (Å²) in [4.78, 5) is 9.90. The lowest BCUT2D eigenvalue weighted by molar-refractivity contribution is -0.349. The first-order valence-electron chi connectivity index (χ1n) is 3.43. The first-order valence-corrected chi connectivity index (χ1v) is 4.31. The van der Waals surface area contributed by atoms with Crippen molar-refractivity contribution in [3.63, 3.8) is 0 Å². The average Bonchev–Trinajstić information content (AvgIpc) is 2.53. The van der Waals surface area contributed by atoms with E-state index in [0.29, 0.717) is 10.3 Å². The van der Waals surface area contributed by atoms with Gasteiger partial charge in [-0.1, -0.05) is 0 Å². The van der Waals surface area contributed by atoms with Crippen molar-refractivity contribution >= 4 is 29.0 Å². The molecule has 0 spiro atoms. The minimum Gasteiger partial charge on any atom is -0.426 e. The molecule has 6 nitrogen and oxygen atoms in total. The minimum absolute atomic E-state index is 0.249. The van der Waals surface area contributed by atoms with E-state index in [4.69, 9.17) is 0 Å². The molecule has 1 aliphatic heterocycles. The summed E-state index contributed by atoms with van der Waals surface area (Å²) in [5.74, 6) is -0.249. The number of nitrogens with one attached hydrogen (secondary N) is 1. The van der Waals surface area contributed by atoms with Crippen LogP contribution in [0.15, 0.2) is 16.5 Å². The second-order valence-electron chi connectivity index (χ2n) is 2.42. The van der Waals surface area contributed by atoms with Crippen LogP contribution in [0.2, 0.25) is 0 Å². The van der Waals surface area contributed by atoms with Crippen LogP contribution < -0.4 is 10.1 Å². The molecule has 0 amide bonds. The van der Waals surface area contributed by atoms with Gasteiger partial charge in [0.15, 0.2) is 0 Å². The molecule has 13 heavy (non-hydrogen) atoms. The number of amidine groups is 1. The van der Waals surface area contributed by atoms with Crippen LogP contribution in [0.25, 0.3) is 0 Å². The van der Waals surface area contributed by atoms with E-state index in [1.807, 2.05) is 0 Å². The van der Waals surface area contributed by atoms with Gasteiger partial charge >= 0.3 is 12.9 Å². The lowest BCUT2D eigenvalue weighted by atomic mass is 9.79. The van der Waals surface area contributed by atoms with Crippen LogP contribution in [-0.4, -0.2) is 22.8 Å². The topological polar surface area (TPSA) is 87.8 Å². The second-order valence-corrected chi connectivity index (χ2v) is 3.37. The molecule has 1 aromatic rings. The maximum atomic E-state index is 10.5. The quantitative estimate of drug-likeness (QED) is 0.316. The molecule has 2 rings (SSSR count). The normalized spacial score (nSPS) is 14.5. The van der Waals surface area contributed by atoms with E-state index in [9.17, 15) is 15.1 Å². The molecule has 1 aromatic heterocycles. The monoisotopic (exact) mass is 197 g/mol. The van der Waals surface area contributed by atoms with Crippen LogP contribution in [-0.2, 0) is 0 Å². The van der Waals surface area contributed by atoms with E-state index in [2.05, 4.69) is 10.4 Å². The van der Waals surface area contributed by atoms with Crippen molar-refractivity contribution in [2.24, 2.45) is 5.10 Å². The van der Waals surface area contributed by atoms with E-state index in [1.54, 1.807) is 11.4 Å². The highest BCUT2D eigenvalue weighted by atomic mass is 32.1. The third-order valence-corrected chi connectivity index (χ3v) is 2.62. The molecule has 0 aliphatic carbocycles. The number of fused-ring (bicyclic) bond motifs is 1. The highest BCUT2D eigenvalue weighted by molar-refractivity contribution is 7.21. The van der Waals surface area contributed by atoms with E-state index < -0.39 is 12.0 Å². The molecule has 1 aliphatic rings. The zero-order valence-corrected chi connectivity index (χ0v) is 7.11. The molecular formula is C5H4BN3O3S. The van der Waals surface area contributed by atoms with E-state index in [0.717, 1.165) is 0 Å². The molecule has 66 valence electrons. The molecule has 0 bridgehead atoms. The predicted octanol–water partition coefficient (Wildman–Crippen LogP) is -1.02. The van der Waals surface area contributed by atoms with Crippen molar-refractivity contribution in [1.82, 2.24) is 5.34 Å². The summed E-state index contributed by atoms with van der Waals surface area (Å²) < 4.78 is 0.529. The number of thiophene rings is 1. The van der Waals surface area contributed by atoms with Gasteiger partial charge in [0, 0.05) is 9.88 Å². The molecule has 0 saturated carbocycles. The average molecular weight is 197 g/mol. The fourth-order valence-electron chi connectivity index (χ4n) is 1.10. The molecule has 0 fully saturated rings. The Hall–Kier alpha value is -1.41. The maximum absolute atomic E-state index is 10.5. The summed E-state index contributed by atoms with van der Waals surface area (Å²) in [6, 6.07) is 1.58. The second kappa shape index (κ2) is 2.82. The summed E-state index contributed by atoms with van der Waals surface area (Å²) in [6.45, 7) is 0. The van der Waals surface area contributed by atoms with Crippen LogP contribution in [0, 0.1) is 10.1 Å². The minimum atomic E-state index is -0.932. The molecule has 0 radical (unpaired) electrons. The number of hydrazone groups is 1. The van der Waals surface area contributed by atoms with Crippen molar-refractivity contribution in [2.75, 3.05) is 0 Å². The number of nitrogens with zero attached hydrogens (tertiary/aromatic N) is 2. The Morgan fingerprint density at radius 2 is 2.54 bits per heavy atom. The summed E-state index contributed by atoms with van der Waals surface area (Å²) >= 11 is 1.26. The van der Waals surface area contributed by atoms with E-state index in [1.165, 1.54) is 11.3 Å². The molecule has 2 N–H and O–H groups in total. The number of hydrogen-bond acceptors (Lipinski definition) is 6. The van der Waals surface area contributed by atoms with Gasteiger partial charge in [-0.05, 0) is 16.4 Å². The van der Waals surface area contributed by atoms with E-state index >= 15 is 0 Å². The van der Waals surface area contributed by atoms with Gasteiger partial charge in [-0.25, -0.2) is 5.34 Å². The molecule has 0 unspecified atom stereocenters. The lowest BCUT2D eigenvalue weighted by Gasteiger charge is -2.07. The third-order valence-electron chi connectivity index (χ3n) is 1.65. The molecule has 8 heteroatoms. The van der Waals surface area contributed by atoms with Crippen molar-refractivity contribution in [1.29, 1.82) is 0 Å². The van der Waals surface area contributed by atoms with Gasteiger partial charge in [0.2, 0.25) is 0 Å². The Kier molecular flexibility index (Phi) is 1.78. The Balaban J connectivity index is 2.52. The van der Waals surface area contributed by atoms with Crippen molar-refractivity contribution in [2.45, 2.75) is 0 Å². The Morgan fingerprint density at radius 3 is 3.23 bits per heavy atom. The molecular weight excluding hydrogens is 193 g/mol. The van der Waals surface area contributed by atoms with Crippen LogP contribution in [0.4, 0.5) is 0 Å².